The van der Waals surface area contributed by atoms with Crippen molar-refractivity contribution in [1.82, 2.24) is 10.3 Å². The maximum absolute atomic E-state index is 10.8. The zero-order valence-electron chi connectivity index (χ0n) is 12.0. The van der Waals surface area contributed by atoms with Crippen molar-refractivity contribution in [2.24, 2.45) is 0 Å². The summed E-state index contributed by atoms with van der Waals surface area (Å²) >= 11 is 0. The molecule has 6 nitrogen and oxygen atoms in total. The highest BCUT2D eigenvalue weighted by Gasteiger charge is 2.10. The number of nitrogens with zero attached hydrogens (tertiary/aromatic N) is 2. The van der Waals surface area contributed by atoms with Gasteiger partial charge in [0.1, 0.15) is 5.75 Å². The molecule has 0 aliphatic rings. The third-order valence-corrected chi connectivity index (χ3v) is 3.09. The van der Waals surface area contributed by atoms with Gasteiger partial charge in [-0.1, -0.05) is 6.07 Å². The molecule has 2 rings (SSSR count). The summed E-state index contributed by atoms with van der Waals surface area (Å²) in [6, 6.07) is 8.53. The van der Waals surface area contributed by atoms with E-state index in [9.17, 15) is 10.1 Å². The average molecular weight is 287 g/mol. The van der Waals surface area contributed by atoms with E-state index in [1.807, 2.05) is 25.3 Å². The second-order valence-electron chi connectivity index (χ2n) is 4.66. The summed E-state index contributed by atoms with van der Waals surface area (Å²) in [5.74, 6) is 0.634. The Morgan fingerprint density at radius 2 is 2.10 bits per heavy atom. The molecule has 110 valence electrons. The van der Waals surface area contributed by atoms with Gasteiger partial charge in [0.05, 0.1) is 12.0 Å². The molecule has 0 radical (unpaired) electrons. The van der Waals surface area contributed by atoms with E-state index in [2.05, 4.69) is 10.3 Å². The summed E-state index contributed by atoms with van der Waals surface area (Å²) in [6.45, 7) is 3.06. The lowest BCUT2D eigenvalue weighted by atomic mass is 10.1. The third kappa shape index (κ3) is 4.00. The molecule has 6 heteroatoms. The molecule has 0 fully saturated rings. The molecular weight excluding hydrogens is 270 g/mol. The molecule has 0 atom stereocenters. The van der Waals surface area contributed by atoms with Crippen LogP contribution in [0.4, 0.5) is 5.69 Å². The molecule has 0 amide bonds. The minimum atomic E-state index is -0.410. The summed E-state index contributed by atoms with van der Waals surface area (Å²) in [6.07, 6.45) is 1.81. The monoisotopic (exact) mass is 287 g/mol. The van der Waals surface area contributed by atoms with Crippen LogP contribution in [0.3, 0.4) is 0 Å². The van der Waals surface area contributed by atoms with Crippen molar-refractivity contribution in [2.45, 2.75) is 20.0 Å². The maximum atomic E-state index is 10.8. The molecule has 1 heterocycles. The standard InChI is InChI=1S/C15H17N3O3/c1-11-3-4-12(9-17-11)8-16-10-13-7-14(18(19)20)5-6-15(13)21-2/h3-7,9,16H,8,10H2,1-2H3. The molecule has 2 aromatic rings. The maximum Gasteiger partial charge on any atom is 0.270 e. The summed E-state index contributed by atoms with van der Waals surface area (Å²) in [5, 5.41) is 14.1. The number of nitrogens with one attached hydrogen (secondary N) is 1. The van der Waals surface area contributed by atoms with Gasteiger partial charge in [0.15, 0.2) is 0 Å². The Hall–Kier alpha value is -2.47. The van der Waals surface area contributed by atoms with Crippen molar-refractivity contribution in [3.8, 4) is 5.75 Å². The van der Waals surface area contributed by atoms with Crippen molar-refractivity contribution >= 4 is 5.69 Å². The van der Waals surface area contributed by atoms with Crippen LogP contribution in [0.2, 0.25) is 0 Å². The van der Waals surface area contributed by atoms with E-state index in [1.54, 1.807) is 13.2 Å². The van der Waals surface area contributed by atoms with Gasteiger partial charge in [-0.05, 0) is 24.6 Å². The highest BCUT2D eigenvalue weighted by molar-refractivity contribution is 5.43. The van der Waals surface area contributed by atoms with E-state index in [1.165, 1.54) is 12.1 Å². The van der Waals surface area contributed by atoms with Crippen molar-refractivity contribution in [3.63, 3.8) is 0 Å². The van der Waals surface area contributed by atoms with Crippen LogP contribution in [0.25, 0.3) is 0 Å². The van der Waals surface area contributed by atoms with Crippen molar-refractivity contribution in [3.05, 3.63) is 63.5 Å². The van der Waals surface area contributed by atoms with Crippen LogP contribution < -0.4 is 10.1 Å². The van der Waals surface area contributed by atoms with Crippen molar-refractivity contribution in [1.29, 1.82) is 0 Å². The molecule has 0 spiro atoms. The fourth-order valence-electron chi connectivity index (χ4n) is 1.96. The van der Waals surface area contributed by atoms with Gasteiger partial charge < -0.3 is 10.1 Å². The topological polar surface area (TPSA) is 77.3 Å². The molecule has 21 heavy (non-hydrogen) atoms. The smallest absolute Gasteiger partial charge is 0.270 e. The number of nitro benzene ring substituents is 1. The number of ether oxygens (including phenoxy) is 1. The summed E-state index contributed by atoms with van der Waals surface area (Å²) in [7, 11) is 1.55. The quantitative estimate of drug-likeness (QED) is 0.652. The van der Waals surface area contributed by atoms with Crippen LogP contribution in [0.5, 0.6) is 5.75 Å². The Balaban J connectivity index is 2.03. The first-order chi connectivity index (χ1) is 10.1. The third-order valence-electron chi connectivity index (χ3n) is 3.09. The normalized spacial score (nSPS) is 10.4. The first-order valence-corrected chi connectivity index (χ1v) is 6.53. The van der Waals surface area contributed by atoms with E-state index < -0.39 is 4.92 Å². The predicted molar refractivity (Wildman–Crippen MR) is 79.2 cm³/mol. The second kappa shape index (κ2) is 6.81. The number of methoxy groups -OCH3 is 1. The number of benzene rings is 1. The van der Waals surface area contributed by atoms with Crippen LogP contribution in [-0.4, -0.2) is 17.0 Å². The molecule has 1 aromatic heterocycles. The van der Waals surface area contributed by atoms with Crippen molar-refractivity contribution < 1.29 is 9.66 Å². The fraction of sp³-hybridized carbons (Fsp3) is 0.267. The summed E-state index contributed by atoms with van der Waals surface area (Å²) in [5.41, 5.74) is 2.85. The molecule has 0 aliphatic heterocycles. The van der Waals surface area contributed by atoms with Crippen LogP contribution >= 0.6 is 0 Å². The van der Waals surface area contributed by atoms with Crippen LogP contribution in [0.15, 0.2) is 36.5 Å². The van der Waals surface area contributed by atoms with Crippen LogP contribution in [-0.2, 0) is 13.1 Å². The van der Waals surface area contributed by atoms with Crippen molar-refractivity contribution in [2.75, 3.05) is 7.11 Å². The number of pyridine rings is 1. The van der Waals surface area contributed by atoms with Gasteiger partial charge in [-0.25, -0.2) is 0 Å². The molecule has 0 aliphatic carbocycles. The molecule has 1 N–H and O–H groups in total. The van der Waals surface area contributed by atoms with Gasteiger partial charge in [-0.2, -0.15) is 0 Å². The first-order valence-electron chi connectivity index (χ1n) is 6.53. The van der Waals surface area contributed by atoms with E-state index in [4.69, 9.17) is 4.74 Å². The predicted octanol–water partition coefficient (Wildman–Crippen LogP) is 2.60. The van der Waals surface area contributed by atoms with Gasteiger partial charge in [0.25, 0.3) is 5.69 Å². The van der Waals surface area contributed by atoms with Crippen LogP contribution in [0.1, 0.15) is 16.8 Å². The molecule has 0 bridgehead atoms. The fourth-order valence-corrected chi connectivity index (χ4v) is 1.96. The van der Waals surface area contributed by atoms with Crippen LogP contribution in [0, 0.1) is 17.0 Å². The zero-order chi connectivity index (χ0) is 15.2. The Morgan fingerprint density at radius 1 is 1.29 bits per heavy atom. The Morgan fingerprint density at radius 3 is 2.71 bits per heavy atom. The Labute approximate surface area is 122 Å². The Bertz CT molecular complexity index is 627. The highest BCUT2D eigenvalue weighted by Crippen LogP contribution is 2.23. The summed E-state index contributed by atoms with van der Waals surface area (Å²) in [4.78, 5) is 14.6. The second-order valence-corrected chi connectivity index (χ2v) is 4.66. The lowest BCUT2D eigenvalue weighted by Gasteiger charge is -2.09. The van der Waals surface area contributed by atoms with E-state index in [-0.39, 0.29) is 5.69 Å². The molecular formula is C15H17N3O3. The highest BCUT2D eigenvalue weighted by atomic mass is 16.6. The number of hydrogen-bond acceptors (Lipinski definition) is 5. The minimum Gasteiger partial charge on any atom is -0.496 e. The molecule has 0 saturated heterocycles. The van der Waals surface area contributed by atoms with Gasteiger partial charge in [-0.3, -0.25) is 15.1 Å². The minimum absolute atomic E-state index is 0.0598. The number of aromatic nitrogens is 1. The number of nitro groups is 1. The zero-order valence-corrected chi connectivity index (χ0v) is 12.0. The molecule has 1 aromatic carbocycles. The van der Waals surface area contributed by atoms with E-state index >= 15 is 0 Å². The van der Waals surface area contributed by atoms with E-state index in [0.717, 1.165) is 16.8 Å². The lowest BCUT2D eigenvalue weighted by Crippen LogP contribution is -2.13. The SMILES string of the molecule is COc1ccc([N+](=O)[O-])cc1CNCc1ccc(C)nc1. The number of non-ortho nitro benzene ring substituents is 1. The lowest BCUT2D eigenvalue weighted by molar-refractivity contribution is -0.384. The molecule has 0 saturated carbocycles. The first kappa shape index (κ1) is 14.9. The number of hydrogen-bond donors (Lipinski definition) is 1. The van der Waals surface area contributed by atoms with Gasteiger partial charge in [0.2, 0.25) is 0 Å². The number of aryl methyl sites for hydroxylation is 1. The Kier molecular flexibility index (Phi) is 4.84. The number of rotatable bonds is 6. The largest absolute Gasteiger partial charge is 0.496 e. The molecule has 0 unspecified atom stereocenters. The van der Waals surface area contributed by atoms with Gasteiger partial charge >= 0.3 is 0 Å². The van der Waals surface area contributed by atoms with Gasteiger partial charge in [-0.15, -0.1) is 0 Å². The van der Waals surface area contributed by atoms with Gasteiger partial charge in [0, 0.05) is 42.7 Å². The summed E-state index contributed by atoms with van der Waals surface area (Å²) < 4.78 is 5.22. The van der Waals surface area contributed by atoms with E-state index in [0.29, 0.717) is 18.8 Å². The average Bonchev–Trinajstić information content (AvgIpc) is 2.49.